The van der Waals surface area contributed by atoms with Crippen LogP contribution in [0, 0.1) is 0 Å². The van der Waals surface area contributed by atoms with Gasteiger partial charge < -0.3 is 9.45 Å². The summed E-state index contributed by atoms with van der Waals surface area (Å²) in [6, 6.07) is 10.3. The second-order valence-corrected chi connectivity index (χ2v) is 10.1. The highest BCUT2D eigenvalue weighted by Crippen LogP contribution is 2.30. The van der Waals surface area contributed by atoms with Crippen LogP contribution in [0.1, 0.15) is 96.5 Å². The smallest absolute Gasteiger partial charge is 0.138 e. The maximum absolute atomic E-state index is 10.8. The summed E-state index contributed by atoms with van der Waals surface area (Å²) in [7, 11) is 0. The minimum atomic E-state index is -1.26. The van der Waals surface area contributed by atoms with E-state index in [4.69, 9.17) is 12.2 Å². The molecule has 0 saturated carbocycles. The van der Waals surface area contributed by atoms with Gasteiger partial charge in [-0.05, 0) is 18.4 Å². The van der Waals surface area contributed by atoms with Crippen LogP contribution in [0.2, 0.25) is 0 Å². The third kappa shape index (κ3) is 12.1. The van der Waals surface area contributed by atoms with Gasteiger partial charge in [-0.15, -0.1) is 0 Å². The number of thiol groups is 1. The Morgan fingerprint density at radius 1 is 0.786 bits per heavy atom. The van der Waals surface area contributed by atoms with Gasteiger partial charge in [0.1, 0.15) is 4.32 Å². The number of hydrogen-bond donors (Lipinski definition) is 2. The summed E-state index contributed by atoms with van der Waals surface area (Å²) in [6.07, 6.45) is 15.5. The summed E-state index contributed by atoms with van der Waals surface area (Å²) in [5.74, 6) is 0.679. The number of hydrogen-bond acceptors (Lipinski definition) is 2. The van der Waals surface area contributed by atoms with Crippen LogP contribution in [0.15, 0.2) is 30.3 Å². The van der Waals surface area contributed by atoms with Gasteiger partial charge in [-0.3, -0.25) is 0 Å². The van der Waals surface area contributed by atoms with Crippen molar-refractivity contribution in [3.8, 4) is 0 Å². The molecule has 4 heteroatoms. The first-order chi connectivity index (χ1) is 13.7. The molecule has 0 bridgehead atoms. The van der Waals surface area contributed by atoms with E-state index in [9.17, 15) is 4.55 Å². The molecule has 1 unspecified atom stereocenters. The van der Waals surface area contributed by atoms with Crippen LogP contribution in [0.4, 0.5) is 0 Å². The van der Waals surface area contributed by atoms with E-state index in [-0.39, 0.29) is 0 Å². The first kappa shape index (κ1) is 25.5. The minimum absolute atomic E-state index is 0.679. The molecule has 1 aromatic carbocycles. The van der Waals surface area contributed by atoms with E-state index >= 15 is 0 Å². The molecule has 0 radical (unpaired) electrons. The Labute approximate surface area is 182 Å². The molecule has 0 aliphatic rings. The molecule has 1 rings (SSSR count). The summed E-state index contributed by atoms with van der Waals surface area (Å²) >= 11 is 4.48. The number of nitrogens with zero attached hydrogens (tertiary/aromatic N) is 1. The van der Waals surface area contributed by atoms with Crippen molar-refractivity contribution in [2.24, 2.45) is 0 Å². The summed E-state index contributed by atoms with van der Waals surface area (Å²) in [6.45, 7) is 6.54. The third-order valence-corrected chi connectivity index (χ3v) is 7.51. The van der Waals surface area contributed by atoms with Crippen LogP contribution in [0.5, 0.6) is 0 Å². The van der Waals surface area contributed by atoms with Crippen LogP contribution in [-0.2, 0) is 5.75 Å². The molecule has 162 valence electrons. The molecule has 28 heavy (non-hydrogen) atoms. The van der Waals surface area contributed by atoms with Gasteiger partial charge >= 0.3 is 0 Å². The summed E-state index contributed by atoms with van der Waals surface area (Å²) in [4.78, 5) is 2.32. The van der Waals surface area contributed by atoms with Gasteiger partial charge in [0.05, 0.1) is 0 Å². The average Bonchev–Trinajstić information content (AvgIpc) is 2.71. The highest BCUT2D eigenvalue weighted by molar-refractivity contribution is 8.31. The van der Waals surface area contributed by atoms with Gasteiger partial charge in [0.15, 0.2) is 0 Å². The van der Waals surface area contributed by atoms with Crippen molar-refractivity contribution in [2.45, 2.75) is 96.7 Å². The van der Waals surface area contributed by atoms with E-state index in [1.54, 1.807) is 0 Å². The number of rotatable bonds is 16. The van der Waals surface area contributed by atoms with Crippen molar-refractivity contribution < 1.29 is 4.55 Å². The molecule has 0 aliphatic heterocycles. The zero-order valence-electron chi connectivity index (χ0n) is 18.2. The van der Waals surface area contributed by atoms with Gasteiger partial charge in [-0.2, -0.15) is 0 Å². The fourth-order valence-electron chi connectivity index (χ4n) is 3.46. The molecule has 0 heterocycles. The topological polar surface area (TPSA) is 23.5 Å². The van der Waals surface area contributed by atoms with Crippen molar-refractivity contribution in [1.82, 2.24) is 4.90 Å². The van der Waals surface area contributed by atoms with Crippen molar-refractivity contribution >= 4 is 27.7 Å². The van der Waals surface area contributed by atoms with Crippen LogP contribution in [0.3, 0.4) is 0 Å². The lowest BCUT2D eigenvalue weighted by Crippen LogP contribution is -2.31. The first-order valence-corrected chi connectivity index (χ1v) is 13.4. The van der Waals surface area contributed by atoms with E-state index in [0.717, 1.165) is 17.4 Å². The van der Waals surface area contributed by atoms with Gasteiger partial charge in [0.2, 0.25) is 0 Å². The minimum Gasteiger partial charge on any atom is -0.357 e. The zero-order chi connectivity index (χ0) is 20.5. The fraction of sp³-hybridized carbons (Fsp3) is 0.708. The maximum Gasteiger partial charge on any atom is 0.138 e. The Balaban J connectivity index is 2.45. The SMILES string of the molecule is CCCCCCCCN(CCCCCCCC)C(=S)[SH](O)Cc1ccccc1. The molecule has 1 N–H and O–H groups in total. The number of thiocarbonyl (C=S) groups is 1. The second-order valence-electron chi connectivity index (χ2n) is 7.85. The van der Waals surface area contributed by atoms with Crippen molar-refractivity contribution in [3.63, 3.8) is 0 Å². The third-order valence-electron chi connectivity index (χ3n) is 5.23. The van der Waals surface area contributed by atoms with E-state index in [1.807, 2.05) is 18.2 Å². The van der Waals surface area contributed by atoms with E-state index in [0.29, 0.717) is 5.75 Å². The summed E-state index contributed by atoms with van der Waals surface area (Å²) in [5.41, 5.74) is 1.18. The van der Waals surface area contributed by atoms with Gasteiger partial charge in [0, 0.05) is 18.8 Å². The standard InChI is InChI=1S/C24H43NOS2/c1-3-5-7-9-11-16-20-25(21-17-12-10-8-6-4-2)24(27)28(26)22-23-18-14-13-15-19-23/h13-15,18-19,26,28H,3-12,16-17,20-22H2,1-2H3. The van der Waals surface area contributed by atoms with Crippen LogP contribution in [-0.4, -0.2) is 26.9 Å². The highest BCUT2D eigenvalue weighted by atomic mass is 32.2. The lowest BCUT2D eigenvalue weighted by Gasteiger charge is -2.30. The summed E-state index contributed by atoms with van der Waals surface area (Å²) in [5, 5.41) is 0. The quantitative estimate of drug-likeness (QED) is 0.159. The highest BCUT2D eigenvalue weighted by Gasteiger charge is 2.15. The van der Waals surface area contributed by atoms with Crippen LogP contribution in [0.25, 0.3) is 0 Å². The van der Waals surface area contributed by atoms with Crippen molar-refractivity contribution in [3.05, 3.63) is 35.9 Å². The number of benzene rings is 1. The van der Waals surface area contributed by atoms with E-state index in [1.165, 1.54) is 82.6 Å². The maximum atomic E-state index is 10.8. The van der Waals surface area contributed by atoms with Crippen molar-refractivity contribution in [1.29, 1.82) is 0 Å². The number of unbranched alkanes of at least 4 members (excludes halogenated alkanes) is 10. The fourth-order valence-corrected chi connectivity index (χ4v) is 5.05. The molecule has 0 amide bonds. The van der Waals surface area contributed by atoms with Crippen LogP contribution >= 0.6 is 23.4 Å². The molecular weight excluding hydrogens is 382 g/mol. The summed E-state index contributed by atoms with van der Waals surface area (Å²) < 4.78 is 11.6. The average molecular weight is 426 g/mol. The van der Waals surface area contributed by atoms with Gasteiger partial charge in [-0.25, -0.2) is 0 Å². The molecule has 1 atom stereocenters. The Morgan fingerprint density at radius 3 is 1.75 bits per heavy atom. The molecule has 0 saturated heterocycles. The Morgan fingerprint density at radius 2 is 1.25 bits per heavy atom. The Kier molecular flexibility index (Phi) is 15.7. The Bertz CT molecular complexity index is 479. The Hall–Kier alpha value is -0.580. The van der Waals surface area contributed by atoms with E-state index < -0.39 is 11.2 Å². The molecule has 0 aliphatic carbocycles. The van der Waals surface area contributed by atoms with Crippen molar-refractivity contribution in [2.75, 3.05) is 13.1 Å². The predicted molar refractivity (Wildman–Crippen MR) is 133 cm³/mol. The predicted octanol–water partition coefficient (Wildman–Crippen LogP) is 7.97. The molecular formula is C24H43NOS2. The first-order valence-electron chi connectivity index (χ1n) is 11.5. The largest absolute Gasteiger partial charge is 0.357 e. The second kappa shape index (κ2) is 17.3. The zero-order valence-corrected chi connectivity index (χ0v) is 20.0. The molecule has 1 aromatic rings. The lowest BCUT2D eigenvalue weighted by molar-refractivity contribution is 0.393. The molecule has 0 spiro atoms. The van der Waals surface area contributed by atoms with Gasteiger partial charge in [0.25, 0.3) is 0 Å². The van der Waals surface area contributed by atoms with Gasteiger partial charge in [-0.1, -0.05) is 132 Å². The lowest BCUT2D eigenvalue weighted by atomic mass is 10.1. The molecule has 2 nitrogen and oxygen atoms in total. The van der Waals surface area contributed by atoms with Crippen LogP contribution < -0.4 is 0 Å². The van der Waals surface area contributed by atoms with E-state index in [2.05, 4.69) is 30.9 Å². The molecule has 0 aromatic heterocycles. The molecule has 0 fully saturated rings. The normalized spacial score (nSPS) is 12.8. The monoisotopic (exact) mass is 425 g/mol.